The summed E-state index contributed by atoms with van der Waals surface area (Å²) < 4.78 is 5.36. The van der Waals surface area contributed by atoms with Crippen molar-refractivity contribution in [1.29, 1.82) is 0 Å². The van der Waals surface area contributed by atoms with Gasteiger partial charge in [0.1, 0.15) is 0 Å². The number of ketones is 1. The van der Waals surface area contributed by atoms with Crippen LogP contribution in [0.25, 0.3) is 0 Å². The van der Waals surface area contributed by atoms with Crippen molar-refractivity contribution in [2.24, 2.45) is 5.92 Å². The van der Waals surface area contributed by atoms with Gasteiger partial charge in [-0.1, -0.05) is 30.3 Å². The van der Waals surface area contributed by atoms with E-state index in [1.807, 2.05) is 30.3 Å². The fraction of sp³-hybridized carbons (Fsp3) is 0.333. The molecule has 168 valence electrons. The molecule has 32 heavy (non-hydrogen) atoms. The predicted molar refractivity (Wildman–Crippen MR) is 120 cm³/mol. The van der Waals surface area contributed by atoms with Crippen molar-refractivity contribution in [2.45, 2.75) is 32.8 Å². The maximum absolute atomic E-state index is 12.5. The molecule has 0 spiro atoms. The molecule has 1 atom stereocenters. The summed E-state index contributed by atoms with van der Waals surface area (Å²) in [4.78, 5) is 50.7. The number of carbonyl (C=O) groups excluding carboxylic acids is 4. The van der Waals surface area contributed by atoms with Crippen LogP contribution in [0.15, 0.2) is 54.6 Å². The molecule has 1 aliphatic heterocycles. The molecule has 0 radical (unpaired) electrons. The third-order valence-electron chi connectivity index (χ3n) is 5.37. The lowest BCUT2D eigenvalue weighted by molar-refractivity contribution is -0.158. The summed E-state index contributed by atoms with van der Waals surface area (Å²) in [5.74, 6) is -1.52. The van der Waals surface area contributed by atoms with Gasteiger partial charge in [0.2, 0.25) is 0 Å². The summed E-state index contributed by atoms with van der Waals surface area (Å²) in [5, 5.41) is 5.48. The zero-order valence-corrected chi connectivity index (χ0v) is 18.2. The van der Waals surface area contributed by atoms with Crippen molar-refractivity contribution in [2.75, 3.05) is 23.7 Å². The van der Waals surface area contributed by atoms with Gasteiger partial charge in [-0.2, -0.15) is 0 Å². The number of hydrogen-bond donors (Lipinski definition) is 2. The van der Waals surface area contributed by atoms with Crippen LogP contribution in [0.2, 0.25) is 0 Å². The van der Waals surface area contributed by atoms with Gasteiger partial charge >= 0.3 is 12.0 Å². The summed E-state index contributed by atoms with van der Waals surface area (Å²) in [6, 6.07) is 15.6. The first-order valence-corrected chi connectivity index (χ1v) is 10.6. The lowest BCUT2D eigenvalue weighted by atomic mass is 9.97. The molecule has 2 aromatic rings. The second-order valence-corrected chi connectivity index (χ2v) is 7.73. The predicted octanol–water partition coefficient (Wildman–Crippen LogP) is 3.70. The van der Waals surface area contributed by atoms with Crippen LogP contribution in [0.3, 0.4) is 0 Å². The van der Waals surface area contributed by atoms with E-state index in [4.69, 9.17) is 4.74 Å². The van der Waals surface area contributed by atoms with Gasteiger partial charge in [0, 0.05) is 24.3 Å². The molecule has 1 unspecified atom stereocenters. The first-order chi connectivity index (χ1) is 15.3. The molecular formula is C24H27N3O5. The van der Waals surface area contributed by atoms with E-state index in [0.717, 1.165) is 0 Å². The third kappa shape index (κ3) is 5.94. The van der Waals surface area contributed by atoms with Crippen LogP contribution in [-0.2, 0) is 14.3 Å². The molecule has 3 amide bonds. The van der Waals surface area contributed by atoms with Crippen LogP contribution in [0.5, 0.6) is 0 Å². The number of esters is 1. The number of likely N-dealkylation sites (tertiary alicyclic amines) is 1. The first-order valence-electron chi connectivity index (χ1n) is 10.6. The minimum Gasteiger partial charge on any atom is -0.452 e. The average molecular weight is 437 g/mol. The molecule has 2 N–H and O–H groups in total. The Kier molecular flexibility index (Phi) is 7.59. The zero-order valence-electron chi connectivity index (χ0n) is 18.2. The number of nitrogens with one attached hydrogen (secondary N) is 2. The third-order valence-corrected chi connectivity index (χ3v) is 5.37. The van der Waals surface area contributed by atoms with Gasteiger partial charge in [-0.15, -0.1) is 0 Å². The number of urea groups is 1. The van der Waals surface area contributed by atoms with E-state index in [1.54, 1.807) is 29.2 Å². The van der Waals surface area contributed by atoms with Crippen molar-refractivity contribution in [3.05, 3.63) is 60.2 Å². The Hall–Kier alpha value is -3.68. The van der Waals surface area contributed by atoms with Gasteiger partial charge < -0.3 is 20.3 Å². The fourth-order valence-corrected chi connectivity index (χ4v) is 3.50. The van der Waals surface area contributed by atoms with Crippen molar-refractivity contribution in [3.8, 4) is 0 Å². The number of ether oxygens (including phenoxy) is 1. The quantitative estimate of drug-likeness (QED) is 0.530. The summed E-state index contributed by atoms with van der Waals surface area (Å²) in [5.41, 5.74) is 1.48. The number of amides is 3. The van der Waals surface area contributed by atoms with Crippen molar-refractivity contribution < 1.29 is 23.9 Å². The number of para-hydroxylation sites is 2. The highest BCUT2D eigenvalue weighted by Crippen LogP contribution is 2.21. The number of Topliss-reactive ketones (excluding diaryl/α,β-unsaturated/α-hetero) is 1. The summed E-state index contributed by atoms with van der Waals surface area (Å²) in [7, 11) is 0. The number of nitrogens with zero attached hydrogens (tertiary/aromatic N) is 1. The first kappa shape index (κ1) is 23.0. The van der Waals surface area contributed by atoms with Crippen molar-refractivity contribution in [1.82, 2.24) is 4.90 Å². The molecule has 0 aromatic heterocycles. The highest BCUT2D eigenvalue weighted by Gasteiger charge is 2.30. The molecular weight excluding hydrogens is 410 g/mol. The number of benzene rings is 2. The number of rotatable bonds is 6. The maximum atomic E-state index is 12.5. The van der Waals surface area contributed by atoms with Gasteiger partial charge in [0.15, 0.2) is 11.9 Å². The van der Waals surface area contributed by atoms with E-state index in [9.17, 15) is 19.2 Å². The van der Waals surface area contributed by atoms with E-state index >= 15 is 0 Å². The van der Waals surface area contributed by atoms with Crippen LogP contribution >= 0.6 is 0 Å². The monoisotopic (exact) mass is 437 g/mol. The van der Waals surface area contributed by atoms with Crippen LogP contribution in [-0.4, -0.2) is 47.8 Å². The van der Waals surface area contributed by atoms with Crippen LogP contribution in [0.4, 0.5) is 16.2 Å². The topological polar surface area (TPSA) is 105 Å². The zero-order chi connectivity index (χ0) is 23.1. The van der Waals surface area contributed by atoms with E-state index in [-0.39, 0.29) is 17.7 Å². The van der Waals surface area contributed by atoms with Gasteiger partial charge in [-0.3, -0.25) is 14.4 Å². The SMILES string of the molecule is CC(=O)c1ccccc1NC(=O)C(C)OC(=O)C1CCN(C(=O)Nc2ccccc2)CC1. The Bertz CT molecular complexity index is 984. The minimum absolute atomic E-state index is 0.173. The molecule has 1 saturated heterocycles. The van der Waals surface area contributed by atoms with Crippen LogP contribution in [0.1, 0.15) is 37.0 Å². The van der Waals surface area contributed by atoms with Gasteiger partial charge in [-0.05, 0) is 51.0 Å². The highest BCUT2D eigenvalue weighted by atomic mass is 16.5. The second kappa shape index (κ2) is 10.6. The van der Waals surface area contributed by atoms with Gasteiger partial charge in [0.05, 0.1) is 11.6 Å². The Morgan fingerprint density at radius 3 is 2.22 bits per heavy atom. The Morgan fingerprint density at radius 1 is 0.938 bits per heavy atom. The summed E-state index contributed by atoms with van der Waals surface area (Å²) in [6.45, 7) is 3.75. The van der Waals surface area contributed by atoms with Crippen molar-refractivity contribution in [3.63, 3.8) is 0 Å². The average Bonchev–Trinajstić information content (AvgIpc) is 2.80. The largest absolute Gasteiger partial charge is 0.452 e. The standard InChI is InChI=1S/C24H27N3O5/c1-16(28)20-10-6-7-11-21(20)26-22(29)17(2)32-23(30)18-12-14-27(15-13-18)24(31)25-19-8-4-3-5-9-19/h3-11,17-18H,12-15H2,1-2H3,(H,25,31)(H,26,29). The number of hydrogen-bond acceptors (Lipinski definition) is 5. The van der Waals surface area contributed by atoms with E-state index in [1.165, 1.54) is 13.8 Å². The van der Waals surface area contributed by atoms with E-state index in [2.05, 4.69) is 10.6 Å². The Labute approximate surface area is 186 Å². The summed E-state index contributed by atoms with van der Waals surface area (Å²) >= 11 is 0. The maximum Gasteiger partial charge on any atom is 0.321 e. The molecule has 1 heterocycles. The lowest BCUT2D eigenvalue weighted by Gasteiger charge is -2.31. The molecule has 0 aliphatic carbocycles. The molecule has 2 aromatic carbocycles. The smallest absolute Gasteiger partial charge is 0.321 e. The molecule has 0 bridgehead atoms. The fourth-order valence-electron chi connectivity index (χ4n) is 3.50. The number of anilines is 2. The van der Waals surface area contributed by atoms with Gasteiger partial charge in [-0.25, -0.2) is 4.79 Å². The summed E-state index contributed by atoms with van der Waals surface area (Å²) in [6.07, 6.45) is -0.0904. The molecule has 1 aliphatic rings. The molecule has 3 rings (SSSR count). The second-order valence-electron chi connectivity index (χ2n) is 7.73. The van der Waals surface area contributed by atoms with E-state index < -0.39 is 18.0 Å². The number of carbonyl (C=O) groups is 4. The van der Waals surface area contributed by atoms with Gasteiger partial charge in [0.25, 0.3) is 5.91 Å². The van der Waals surface area contributed by atoms with Crippen molar-refractivity contribution >= 4 is 35.1 Å². The van der Waals surface area contributed by atoms with Crippen LogP contribution < -0.4 is 10.6 Å². The molecule has 1 fully saturated rings. The Balaban J connectivity index is 1.47. The normalized spacial score (nSPS) is 14.9. The minimum atomic E-state index is -1.01. The number of piperidine rings is 1. The molecule has 8 nitrogen and oxygen atoms in total. The lowest BCUT2D eigenvalue weighted by Crippen LogP contribution is -2.43. The highest BCUT2D eigenvalue weighted by molar-refractivity contribution is 6.04. The van der Waals surface area contributed by atoms with Crippen LogP contribution in [0, 0.1) is 5.92 Å². The Morgan fingerprint density at radius 2 is 1.56 bits per heavy atom. The van der Waals surface area contributed by atoms with E-state index in [0.29, 0.717) is 42.9 Å². The molecule has 0 saturated carbocycles. The molecule has 8 heteroatoms.